The van der Waals surface area contributed by atoms with Gasteiger partial charge in [0.2, 0.25) is 0 Å². The quantitative estimate of drug-likeness (QED) is 0.677. The van der Waals surface area contributed by atoms with E-state index in [0.717, 1.165) is 0 Å². The van der Waals surface area contributed by atoms with E-state index in [0.29, 0.717) is 16.3 Å². The van der Waals surface area contributed by atoms with Gasteiger partial charge in [-0.25, -0.2) is 4.79 Å². The molecule has 0 fully saturated rings. The fourth-order valence-corrected chi connectivity index (χ4v) is 1.86. The van der Waals surface area contributed by atoms with Crippen LogP contribution in [0.3, 0.4) is 0 Å². The number of rotatable bonds is 5. The molecule has 0 aliphatic heterocycles. The normalized spacial score (nSPS) is 10.1. The number of benzene rings is 2. The first-order chi connectivity index (χ1) is 10.5. The fourth-order valence-electron chi connectivity index (χ4n) is 1.73. The Kier molecular flexibility index (Phi) is 5.01. The minimum Gasteiger partial charge on any atom is -0.507 e. The Balaban J connectivity index is 2.03. The van der Waals surface area contributed by atoms with Gasteiger partial charge in [-0.2, -0.15) is 0 Å². The average Bonchev–Trinajstić information content (AvgIpc) is 2.53. The lowest BCUT2D eigenvalue weighted by atomic mass is 10.1. The largest absolute Gasteiger partial charge is 0.507 e. The number of carbonyl (C=O) groups is 2. The maximum atomic E-state index is 11.9. The molecule has 2 rings (SSSR count). The number of phenolic OH excluding ortho intramolecular Hbond substituents is 1. The van der Waals surface area contributed by atoms with E-state index in [-0.39, 0.29) is 17.1 Å². The minimum absolute atomic E-state index is 0.0664. The molecule has 0 radical (unpaired) electrons. The summed E-state index contributed by atoms with van der Waals surface area (Å²) in [5.41, 5.74) is 0.315. The van der Waals surface area contributed by atoms with Crippen molar-refractivity contribution in [3.05, 3.63) is 58.6 Å². The van der Waals surface area contributed by atoms with E-state index in [4.69, 9.17) is 21.1 Å². The molecule has 0 aliphatic rings. The summed E-state index contributed by atoms with van der Waals surface area (Å²) in [6.07, 6.45) is 0. The van der Waals surface area contributed by atoms with Crippen LogP contribution in [0.4, 0.5) is 0 Å². The molecule has 0 aliphatic carbocycles. The summed E-state index contributed by atoms with van der Waals surface area (Å²) >= 11 is 5.73. The van der Waals surface area contributed by atoms with Crippen molar-refractivity contribution in [2.45, 2.75) is 0 Å². The number of methoxy groups -OCH3 is 1. The van der Waals surface area contributed by atoms with Crippen LogP contribution in [0.2, 0.25) is 5.02 Å². The third-order valence-electron chi connectivity index (χ3n) is 2.92. The van der Waals surface area contributed by atoms with Crippen molar-refractivity contribution in [3.8, 4) is 11.5 Å². The molecule has 2 aromatic rings. The first-order valence-electron chi connectivity index (χ1n) is 6.34. The number of phenols is 1. The molecule has 0 unspecified atom stereocenters. The number of carbonyl (C=O) groups excluding carboxylic acids is 2. The van der Waals surface area contributed by atoms with Gasteiger partial charge in [0.25, 0.3) is 0 Å². The molecule has 1 N–H and O–H groups in total. The highest BCUT2D eigenvalue weighted by Gasteiger charge is 2.16. The van der Waals surface area contributed by atoms with Crippen LogP contribution in [0.5, 0.6) is 11.5 Å². The highest BCUT2D eigenvalue weighted by atomic mass is 35.5. The summed E-state index contributed by atoms with van der Waals surface area (Å²) < 4.78 is 9.89. The maximum absolute atomic E-state index is 11.9. The highest BCUT2D eigenvalue weighted by Crippen LogP contribution is 2.23. The molecule has 0 bridgehead atoms. The molecule has 114 valence electrons. The van der Waals surface area contributed by atoms with E-state index in [1.807, 2.05) is 0 Å². The van der Waals surface area contributed by atoms with Crippen LogP contribution in [-0.4, -0.2) is 30.6 Å². The number of aromatic hydroxyl groups is 1. The van der Waals surface area contributed by atoms with Crippen molar-refractivity contribution in [3.63, 3.8) is 0 Å². The predicted molar refractivity (Wildman–Crippen MR) is 80.7 cm³/mol. The van der Waals surface area contributed by atoms with Crippen LogP contribution in [0.15, 0.2) is 42.5 Å². The van der Waals surface area contributed by atoms with E-state index < -0.39 is 12.6 Å². The molecule has 5 nitrogen and oxygen atoms in total. The number of ketones is 1. The van der Waals surface area contributed by atoms with Gasteiger partial charge in [-0.15, -0.1) is 0 Å². The van der Waals surface area contributed by atoms with E-state index in [1.54, 1.807) is 24.3 Å². The van der Waals surface area contributed by atoms with Crippen molar-refractivity contribution >= 4 is 23.4 Å². The monoisotopic (exact) mass is 320 g/mol. The zero-order chi connectivity index (χ0) is 16.1. The van der Waals surface area contributed by atoms with Crippen molar-refractivity contribution < 1.29 is 24.2 Å². The summed E-state index contributed by atoms with van der Waals surface area (Å²) in [4.78, 5) is 23.8. The predicted octanol–water partition coefficient (Wildman–Crippen LogP) is 3.09. The Morgan fingerprint density at radius 3 is 2.45 bits per heavy atom. The summed E-state index contributed by atoms with van der Waals surface area (Å²) in [6.45, 7) is -0.433. The highest BCUT2D eigenvalue weighted by molar-refractivity contribution is 6.30. The molecule has 0 amide bonds. The molecule has 0 aromatic heterocycles. The van der Waals surface area contributed by atoms with E-state index in [1.165, 1.54) is 25.3 Å². The van der Waals surface area contributed by atoms with Gasteiger partial charge in [-0.05, 0) is 42.5 Å². The average molecular weight is 321 g/mol. The standard InChI is InChI=1S/C16H13ClO5/c1-21-12-6-7-14(18)13(8-12)16(20)22-9-15(19)10-2-4-11(17)5-3-10/h2-8,18H,9H2,1H3. The molecule has 0 saturated heterocycles. The van der Waals surface area contributed by atoms with Gasteiger partial charge in [0.05, 0.1) is 7.11 Å². The molecule has 2 aromatic carbocycles. The Morgan fingerprint density at radius 2 is 1.82 bits per heavy atom. The number of Topliss-reactive ketones (excluding diaryl/α,β-unsaturated/α-hetero) is 1. The number of halogens is 1. The Bertz CT molecular complexity index is 694. The van der Waals surface area contributed by atoms with Crippen molar-refractivity contribution in [2.24, 2.45) is 0 Å². The summed E-state index contributed by atoms with van der Waals surface area (Å²) in [5, 5.41) is 10.2. The zero-order valence-electron chi connectivity index (χ0n) is 11.7. The number of ether oxygens (including phenoxy) is 2. The second-order valence-electron chi connectivity index (χ2n) is 4.39. The van der Waals surface area contributed by atoms with Crippen LogP contribution in [0.1, 0.15) is 20.7 Å². The van der Waals surface area contributed by atoms with Crippen LogP contribution in [-0.2, 0) is 4.74 Å². The fraction of sp³-hybridized carbons (Fsp3) is 0.125. The lowest BCUT2D eigenvalue weighted by Gasteiger charge is -2.07. The molecule has 0 heterocycles. The molecule has 0 spiro atoms. The van der Waals surface area contributed by atoms with Crippen LogP contribution < -0.4 is 4.74 Å². The molecule has 6 heteroatoms. The molecular formula is C16H13ClO5. The zero-order valence-corrected chi connectivity index (χ0v) is 12.5. The topological polar surface area (TPSA) is 72.8 Å². The number of hydrogen-bond acceptors (Lipinski definition) is 5. The van der Waals surface area contributed by atoms with Crippen LogP contribution >= 0.6 is 11.6 Å². The van der Waals surface area contributed by atoms with E-state index in [9.17, 15) is 14.7 Å². The lowest BCUT2D eigenvalue weighted by molar-refractivity contribution is 0.0471. The third kappa shape index (κ3) is 3.77. The van der Waals surface area contributed by atoms with E-state index >= 15 is 0 Å². The Hall–Kier alpha value is -2.53. The molecule has 22 heavy (non-hydrogen) atoms. The summed E-state index contributed by atoms with van der Waals surface area (Å²) in [6, 6.07) is 10.4. The lowest BCUT2D eigenvalue weighted by Crippen LogP contribution is -2.14. The van der Waals surface area contributed by atoms with Gasteiger partial charge in [-0.1, -0.05) is 11.6 Å². The SMILES string of the molecule is COc1ccc(O)c(C(=O)OCC(=O)c2ccc(Cl)cc2)c1. The third-order valence-corrected chi connectivity index (χ3v) is 3.18. The van der Waals surface area contributed by atoms with Gasteiger partial charge in [0.15, 0.2) is 12.4 Å². The second kappa shape index (κ2) is 6.95. The number of hydrogen-bond donors (Lipinski definition) is 1. The Morgan fingerprint density at radius 1 is 1.14 bits per heavy atom. The van der Waals surface area contributed by atoms with Crippen LogP contribution in [0, 0.1) is 0 Å². The van der Waals surface area contributed by atoms with Gasteiger partial charge >= 0.3 is 5.97 Å². The van der Waals surface area contributed by atoms with Crippen LogP contribution in [0.25, 0.3) is 0 Å². The smallest absolute Gasteiger partial charge is 0.342 e. The van der Waals surface area contributed by atoms with Gasteiger partial charge in [0, 0.05) is 10.6 Å². The first kappa shape index (κ1) is 15.9. The molecule has 0 atom stereocenters. The summed E-state index contributed by atoms with van der Waals surface area (Å²) in [5.74, 6) is -1.02. The van der Waals surface area contributed by atoms with Gasteiger partial charge in [0.1, 0.15) is 17.1 Å². The van der Waals surface area contributed by atoms with Gasteiger partial charge < -0.3 is 14.6 Å². The summed E-state index contributed by atoms with van der Waals surface area (Å²) in [7, 11) is 1.44. The number of esters is 1. The molecular weight excluding hydrogens is 308 g/mol. The first-order valence-corrected chi connectivity index (χ1v) is 6.72. The van der Waals surface area contributed by atoms with E-state index in [2.05, 4.69) is 0 Å². The van der Waals surface area contributed by atoms with Crippen molar-refractivity contribution in [2.75, 3.05) is 13.7 Å². The second-order valence-corrected chi connectivity index (χ2v) is 4.83. The maximum Gasteiger partial charge on any atom is 0.342 e. The Labute approximate surface area is 132 Å². The van der Waals surface area contributed by atoms with Gasteiger partial charge in [-0.3, -0.25) is 4.79 Å². The minimum atomic E-state index is -0.807. The molecule has 0 saturated carbocycles. The van der Waals surface area contributed by atoms with Crippen molar-refractivity contribution in [1.29, 1.82) is 0 Å². The van der Waals surface area contributed by atoms with Crippen molar-refractivity contribution in [1.82, 2.24) is 0 Å².